The third-order valence-corrected chi connectivity index (χ3v) is 4.76. The molecule has 1 aliphatic carbocycles. The highest BCUT2D eigenvalue weighted by Gasteiger charge is 2.24. The van der Waals surface area contributed by atoms with Gasteiger partial charge < -0.3 is 10.6 Å². The van der Waals surface area contributed by atoms with Crippen molar-refractivity contribution in [2.24, 2.45) is 5.92 Å². The summed E-state index contributed by atoms with van der Waals surface area (Å²) in [6, 6.07) is 4.91. The molecular formula is C17H23FN2O. The summed E-state index contributed by atoms with van der Waals surface area (Å²) in [4.78, 5) is 12.1. The fraction of sp³-hybridized carbons (Fsp3) is 0.588. The zero-order valence-electron chi connectivity index (χ0n) is 12.3. The van der Waals surface area contributed by atoms with Crippen LogP contribution in [0.4, 0.5) is 4.39 Å². The molecule has 0 bridgehead atoms. The van der Waals surface area contributed by atoms with Crippen molar-refractivity contribution in [2.75, 3.05) is 13.1 Å². The number of hydrogen-bond donors (Lipinski definition) is 2. The van der Waals surface area contributed by atoms with E-state index in [9.17, 15) is 9.18 Å². The number of rotatable bonds is 4. The number of carbonyl (C=O) groups is 1. The molecule has 4 heteroatoms. The summed E-state index contributed by atoms with van der Waals surface area (Å²) in [6.07, 6.45) is 5.71. The smallest absolute Gasteiger partial charge is 0.220 e. The van der Waals surface area contributed by atoms with Crippen LogP contribution >= 0.6 is 0 Å². The second-order valence-corrected chi connectivity index (χ2v) is 6.23. The minimum Gasteiger partial charge on any atom is -0.349 e. The topological polar surface area (TPSA) is 41.1 Å². The van der Waals surface area contributed by atoms with E-state index in [4.69, 9.17) is 0 Å². The van der Waals surface area contributed by atoms with Crippen LogP contribution < -0.4 is 10.6 Å². The lowest BCUT2D eigenvalue weighted by Gasteiger charge is -2.22. The first kappa shape index (κ1) is 14.5. The minimum absolute atomic E-state index is 0.00350. The van der Waals surface area contributed by atoms with E-state index in [1.165, 1.54) is 24.5 Å². The van der Waals surface area contributed by atoms with Crippen LogP contribution in [0.5, 0.6) is 0 Å². The van der Waals surface area contributed by atoms with E-state index >= 15 is 0 Å². The van der Waals surface area contributed by atoms with Gasteiger partial charge in [0.2, 0.25) is 5.91 Å². The Morgan fingerprint density at radius 2 is 2.10 bits per heavy atom. The quantitative estimate of drug-likeness (QED) is 0.895. The van der Waals surface area contributed by atoms with Gasteiger partial charge in [-0.25, -0.2) is 4.39 Å². The molecule has 114 valence electrons. The number of amides is 1. The Hall–Kier alpha value is -1.42. The number of nitrogens with one attached hydrogen (secondary N) is 2. The molecule has 0 spiro atoms. The Labute approximate surface area is 125 Å². The van der Waals surface area contributed by atoms with Crippen LogP contribution in [0.25, 0.3) is 0 Å². The summed E-state index contributed by atoms with van der Waals surface area (Å²) in [5, 5.41) is 6.42. The molecule has 1 fully saturated rings. The van der Waals surface area contributed by atoms with Crippen molar-refractivity contribution in [3.8, 4) is 0 Å². The van der Waals surface area contributed by atoms with Crippen molar-refractivity contribution in [2.45, 2.75) is 44.6 Å². The normalized spacial score (nSPS) is 22.0. The SMILES string of the molecule is O=C(CCC1CCNCC1)N[C@H]1CCc2ccc(F)cc21. The van der Waals surface area contributed by atoms with Crippen LogP contribution in [-0.4, -0.2) is 19.0 Å². The minimum atomic E-state index is -0.218. The van der Waals surface area contributed by atoms with E-state index in [-0.39, 0.29) is 17.8 Å². The van der Waals surface area contributed by atoms with Crippen molar-refractivity contribution in [1.82, 2.24) is 10.6 Å². The highest BCUT2D eigenvalue weighted by atomic mass is 19.1. The van der Waals surface area contributed by atoms with Gasteiger partial charge in [0.15, 0.2) is 0 Å². The second-order valence-electron chi connectivity index (χ2n) is 6.23. The Bertz CT molecular complexity index is 512. The second kappa shape index (κ2) is 6.56. The number of fused-ring (bicyclic) bond motifs is 1. The number of halogens is 1. The lowest BCUT2D eigenvalue weighted by molar-refractivity contribution is -0.122. The predicted octanol–water partition coefficient (Wildman–Crippen LogP) is 2.71. The summed E-state index contributed by atoms with van der Waals surface area (Å²) in [5.41, 5.74) is 2.13. The fourth-order valence-electron chi connectivity index (χ4n) is 3.50. The number of carbonyl (C=O) groups excluding carboxylic acids is 1. The van der Waals surface area contributed by atoms with Gasteiger partial charge in [0.1, 0.15) is 5.82 Å². The maximum Gasteiger partial charge on any atom is 0.220 e. The summed E-state index contributed by atoms with van der Waals surface area (Å²) in [6.45, 7) is 2.14. The van der Waals surface area contributed by atoms with Gasteiger partial charge >= 0.3 is 0 Å². The molecule has 1 aromatic rings. The molecule has 0 saturated carbocycles. The molecule has 2 N–H and O–H groups in total. The molecule has 1 aliphatic heterocycles. The van der Waals surface area contributed by atoms with Gasteiger partial charge in [-0.15, -0.1) is 0 Å². The van der Waals surface area contributed by atoms with Gasteiger partial charge in [-0.3, -0.25) is 4.79 Å². The van der Waals surface area contributed by atoms with Crippen LogP contribution in [0.15, 0.2) is 18.2 Å². The molecule has 3 nitrogen and oxygen atoms in total. The van der Waals surface area contributed by atoms with Crippen molar-refractivity contribution >= 4 is 5.91 Å². The van der Waals surface area contributed by atoms with E-state index in [1.54, 1.807) is 6.07 Å². The molecule has 1 amide bonds. The summed E-state index contributed by atoms with van der Waals surface area (Å²) in [5.74, 6) is 0.561. The third kappa shape index (κ3) is 3.62. The zero-order chi connectivity index (χ0) is 14.7. The van der Waals surface area contributed by atoms with E-state index in [0.29, 0.717) is 12.3 Å². The van der Waals surface area contributed by atoms with Gasteiger partial charge in [0.25, 0.3) is 0 Å². The fourth-order valence-corrected chi connectivity index (χ4v) is 3.50. The standard InChI is InChI=1S/C17H23FN2O/c18-14-4-2-13-3-5-16(15(13)11-14)20-17(21)6-1-12-7-9-19-10-8-12/h2,4,11-12,16,19H,1,3,5-10H2,(H,20,21)/t16-/m0/s1. The van der Waals surface area contributed by atoms with Crippen LogP contribution in [0.3, 0.4) is 0 Å². The molecule has 0 radical (unpaired) electrons. The molecule has 1 heterocycles. The number of piperidine rings is 1. The molecule has 2 aliphatic rings. The summed E-state index contributed by atoms with van der Waals surface area (Å²) < 4.78 is 13.3. The Balaban J connectivity index is 1.51. The monoisotopic (exact) mass is 290 g/mol. The van der Waals surface area contributed by atoms with Gasteiger partial charge in [-0.2, -0.15) is 0 Å². The Kier molecular flexibility index (Phi) is 4.54. The van der Waals surface area contributed by atoms with E-state index in [1.807, 2.05) is 6.07 Å². The van der Waals surface area contributed by atoms with Crippen LogP contribution in [0, 0.1) is 11.7 Å². The predicted molar refractivity (Wildman–Crippen MR) is 80.4 cm³/mol. The third-order valence-electron chi connectivity index (χ3n) is 4.76. The highest BCUT2D eigenvalue weighted by Crippen LogP contribution is 2.31. The Morgan fingerprint density at radius 3 is 2.90 bits per heavy atom. The molecule has 1 aromatic carbocycles. The zero-order valence-corrected chi connectivity index (χ0v) is 12.3. The lowest BCUT2D eigenvalue weighted by Crippen LogP contribution is -2.30. The summed E-state index contributed by atoms with van der Waals surface area (Å²) >= 11 is 0. The van der Waals surface area contributed by atoms with Crippen LogP contribution in [0.1, 0.15) is 49.3 Å². The van der Waals surface area contributed by atoms with E-state index in [0.717, 1.165) is 37.9 Å². The van der Waals surface area contributed by atoms with Crippen molar-refractivity contribution < 1.29 is 9.18 Å². The van der Waals surface area contributed by atoms with Gasteiger partial charge in [0.05, 0.1) is 6.04 Å². The van der Waals surface area contributed by atoms with Crippen molar-refractivity contribution in [3.63, 3.8) is 0 Å². The molecule has 0 unspecified atom stereocenters. The molecular weight excluding hydrogens is 267 g/mol. The number of aryl methyl sites for hydroxylation is 1. The van der Waals surface area contributed by atoms with E-state index in [2.05, 4.69) is 10.6 Å². The van der Waals surface area contributed by atoms with Gasteiger partial charge in [0, 0.05) is 6.42 Å². The van der Waals surface area contributed by atoms with Crippen molar-refractivity contribution in [1.29, 1.82) is 0 Å². The lowest BCUT2D eigenvalue weighted by atomic mass is 9.93. The van der Waals surface area contributed by atoms with Crippen LogP contribution in [0.2, 0.25) is 0 Å². The average molecular weight is 290 g/mol. The van der Waals surface area contributed by atoms with Crippen LogP contribution in [-0.2, 0) is 11.2 Å². The maximum absolute atomic E-state index is 13.3. The van der Waals surface area contributed by atoms with Gasteiger partial charge in [-0.1, -0.05) is 6.07 Å². The van der Waals surface area contributed by atoms with Crippen molar-refractivity contribution in [3.05, 3.63) is 35.1 Å². The molecule has 3 rings (SSSR count). The van der Waals surface area contributed by atoms with Gasteiger partial charge in [-0.05, 0) is 74.4 Å². The maximum atomic E-state index is 13.3. The molecule has 1 saturated heterocycles. The largest absolute Gasteiger partial charge is 0.349 e. The molecule has 0 aromatic heterocycles. The highest BCUT2D eigenvalue weighted by molar-refractivity contribution is 5.76. The number of benzene rings is 1. The molecule has 21 heavy (non-hydrogen) atoms. The Morgan fingerprint density at radius 1 is 1.29 bits per heavy atom. The first-order valence-corrected chi connectivity index (χ1v) is 8.01. The number of hydrogen-bond acceptors (Lipinski definition) is 2. The molecule has 1 atom stereocenters. The summed E-state index contributed by atoms with van der Waals surface area (Å²) in [7, 11) is 0. The van der Waals surface area contributed by atoms with E-state index < -0.39 is 0 Å². The first-order valence-electron chi connectivity index (χ1n) is 8.01. The average Bonchev–Trinajstić information content (AvgIpc) is 2.88. The first-order chi connectivity index (χ1) is 10.2.